The molecule has 0 aliphatic carbocycles. The summed E-state index contributed by atoms with van der Waals surface area (Å²) in [5, 5.41) is 4.27. The van der Waals surface area contributed by atoms with Crippen molar-refractivity contribution in [2.75, 3.05) is 5.73 Å². The van der Waals surface area contributed by atoms with Crippen molar-refractivity contribution in [3.63, 3.8) is 0 Å². The minimum Gasteiger partial charge on any atom is -0.385 e. The van der Waals surface area contributed by atoms with E-state index in [0.29, 0.717) is 25.1 Å². The zero-order chi connectivity index (χ0) is 21.8. The zero-order valence-corrected chi connectivity index (χ0v) is 17.6. The third-order valence-electron chi connectivity index (χ3n) is 5.05. The summed E-state index contributed by atoms with van der Waals surface area (Å²) in [7, 11) is 0. The largest absolute Gasteiger partial charge is 0.385 e. The average Bonchev–Trinajstić information content (AvgIpc) is 3.17. The summed E-state index contributed by atoms with van der Waals surface area (Å²) in [4.78, 5) is 38.1. The van der Waals surface area contributed by atoms with Crippen molar-refractivity contribution < 1.29 is 4.79 Å². The molecule has 3 rings (SSSR count). The molecule has 0 bridgehead atoms. The number of hydrogen-bond acceptors (Lipinski definition) is 5. The van der Waals surface area contributed by atoms with Crippen molar-refractivity contribution in [3.05, 3.63) is 79.8 Å². The van der Waals surface area contributed by atoms with E-state index in [1.54, 1.807) is 17.8 Å². The maximum atomic E-state index is 12.8. The van der Waals surface area contributed by atoms with E-state index in [2.05, 4.69) is 11.2 Å². The smallest absolute Gasteiger partial charge is 0.332 e. The summed E-state index contributed by atoms with van der Waals surface area (Å²) in [6.07, 6.45) is 3.61. The topological polar surface area (TPSA) is 105 Å². The molecule has 0 spiro atoms. The second kappa shape index (κ2) is 8.94. The van der Waals surface area contributed by atoms with Gasteiger partial charge in [0.1, 0.15) is 5.82 Å². The zero-order valence-electron chi connectivity index (χ0n) is 17.6. The van der Waals surface area contributed by atoms with Crippen LogP contribution in [0.1, 0.15) is 47.3 Å². The third kappa shape index (κ3) is 4.27. The van der Waals surface area contributed by atoms with Gasteiger partial charge in [-0.05, 0) is 25.8 Å². The molecule has 0 radical (unpaired) electrons. The van der Waals surface area contributed by atoms with Gasteiger partial charge < -0.3 is 5.73 Å². The molecular weight excluding hydrogens is 382 g/mol. The fourth-order valence-corrected chi connectivity index (χ4v) is 3.52. The van der Waals surface area contributed by atoms with Crippen LogP contribution in [-0.2, 0) is 26.1 Å². The Hall–Kier alpha value is -3.42. The fraction of sp³-hybridized carbons (Fsp3) is 0.364. The van der Waals surface area contributed by atoms with E-state index in [1.165, 1.54) is 10.8 Å². The molecule has 0 unspecified atom stereocenters. The van der Waals surface area contributed by atoms with Gasteiger partial charge in [0.05, 0.1) is 23.9 Å². The van der Waals surface area contributed by atoms with Crippen molar-refractivity contribution in [2.45, 2.75) is 53.2 Å². The molecule has 0 fully saturated rings. The Labute approximate surface area is 174 Å². The van der Waals surface area contributed by atoms with E-state index in [4.69, 9.17) is 5.73 Å². The quantitative estimate of drug-likeness (QED) is 0.573. The van der Waals surface area contributed by atoms with Crippen LogP contribution in [0.4, 0.5) is 5.82 Å². The first-order valence-electron chi connectivity index (χ1n) is 10.1. The first kappa shape index (κ1) is 21.3. The van der Waals surface area contributed by atoms with Crippen molar-refractivity contribution in [1.82, 2.24) is 18.9 Å². The van der Waals surface area contributed by atoms with Crippen LogP contribution in [0.25, 0.3) is 0 Å². The predicted molar refractivity (Wildman–Crippen MR) is 116 cm³/mol. The maximum absolute atomic E-state index is 12.8. The van der Waals surface area contributed by atoms with Crippen LogP contribution < -0.4 is 17.0 Å². The van der Waals surface area contributed by atoms with Crippen molar-refractivity contribution in [2.24, 2.45) is 0 Å². The molecule has 8 heteroatoms. The molecule has 3 aromatic rings. The van der Waals surface area contributed by atoms with Crippen LogP contribution in [-0.4, -0.2) is 24.7 Å². The van der Waals surface area contributed by atoms with Gasteiger partial charge in [0, 0.05) is 25.7 Å². The summed E-state index contributed by atoms with van der Waals surface area (Å²) in [5.74, 6) is -0.209. The number of nitrogens with zero attached hydrogens (tertiary/aromatic N) is 4. The lowest BCUT2D eigenvalue weighted by molar-refractivity contribution is 0.0992. The summed E-state index contributed by atoms with van der Waals surface area (Å²) in [5.41, 5.74) is 7.94. The van der Waals surface area contributed by atoms with E-state index in [-0.39, 0.29) is 30.1 Å². The van der Waals surface area contributed by atoms with Gasteiger partial charge in [-0.25, -0.2) is 4.79 Å². The minimum atomic E-state index is -0.496. The lowest BCUT2D eigenvalue weighted by Crippen LogP contribution is -2.43. The van der Waals surface area contributed by atoms with Gasteiger partial charge in [-0.2, -0.15) is 5.10 Å². The lowest BCUT2D eigenvalue weighted by atomic mass is 10.1. The van der Waals surface area contributed by atoms with Crippen LogP contribution in [0.3, 0.4) is 0 Å². The predicted octanol–water partition coefficient (Wildman–Crippen LogP) is 2.00. The molecule has 30 heavy (non-hydrogen) atoms. The minimum absolute atomic E-state index is 0.0559. The summed E-state index contributed by atoms with van der Waals surface area (Å²) in [6, 6.07) is 8.06. The van der Waals surface area contributed by atoms with Crippen LogP contribution in [0.2, 0.25) is 0 Å². The second-order valence-electron chi connectivity index (χ2n) is 7.36. The van der Waals surface area contributed by atoms with E-state index >= 15 is 0 Å². The summed E-state index contributed by atoms with van der Waals surface area (Å²) >= 11 is 0. The van der Waals surface area contributed by atoms with Crippen molar-refractivity contribution in [3.8, 4) is 0 Å². The van der Waals surface area contributed by atoms with Crippen LogP contribution in [0.5, 0.6) is 0 Å². The Balaban J connectivity index is 1.88. The van der Waals surface area contributed by atoms with E-state index in [9.17, 15) is 14.4 Å². The number of carbonyl (C=O) groups excluding carboxylic acids is 1. The molecule has 2 heterocycles. The molecule has 0 atom stereocenters. The molecule has 0 aliphatic rings. The number of nitrogens with two attached hydrogens (primary N) is 1. The van der Waals surface area contributed by atoms with Gasteiger partial charge in [-0.1, -0.05) is 36.8 Å². The van der Waals surface area contributed by atoms with E-state index in [0.717, 1.165) is 15.7 Å². The highest BCUT2D eigenvalue weighted by Gasteiger charge is 2.20. The van der Waals surface area contributed by atoms with Crippen LogP contribution in [0.15, 0.2) is 46.2 Å². The molecule has 0 saturated carbocycles. The Bertz CT molecular complexity index is 1190. The van der Waals surface area contributed by atoms with Gasteiger partial charge in [-0.15, -0.1) is 0 Å². The standard InChI is InChI=1S/C22H27N5O3/c1-4-9-27-21(29)18(20(23)26(5-2)22(27)30)11-19(28)17-12-24-25(14-17)13-16-8-6-7-15(3)10-16/h6-8,10,12,14H,4-5,9,11,13,23H2,1-3H3. The highest BCUT2D eigenvalue weighted by atomic mass is 16.2. The number of carbonyl (C=O) groups is 1. The number of aromatic nitrogens is 4. The summed E-state index contributed by atoms with van der Waals surface area (Å²) < 4.78 is 4.18. The molecule has 2 N–H and O–H groups in total. The Kier molecular flexibility index (Phi) is 6.34. The molecule has 1 aromatic carbocycles. The van der Waals surface area contributed by atoms with Crippen molar-refractivity contribution in [1.29, 1.82) is 0 Å². The van der Waals surface area contributed by atoms with Gasteiger partial charge in [0.2, 0.25) is 0 Å². The van der Waals surface area contributed by atoms with E-state index < -0.39 is 11.2 Å². The van der Waals surface area contributed by atoms with Gasteiger partial charge in [-0.3, -0.25) is 23.4 Å². The van der Waals surface area contributed by atoms with Gasteiger partial charge >= 0.3 is 5.69 Å². The third-order valence-corrected chi connectivity index (χ3v) is 5.05. The Morgan fingerprint density at radius 1 is 1.17 bits per heavy atom. The second-order valence-corrected chi connectivity index (χ2v) is 7.36. The number of Topliss-reactive ketones (excluding diaryl/α,β-unsaturated/α-hetero) is 1. The van der Waals surface area contributed by atoms with Crippen LogP contribution in [0, 0.1) is 6.92 Å². The van der Waals surface area contributed by atoms with Crippen molar-refractivity contribution >= 4 is 11.6 Å². The number of rotatable bonds is 8. The lowest BCUT2D eigenvalue weighted by Gasteiger charge is -2.14. The monoisotopic (exact) mass is 409 g/mol. The molecule has 0 amide bonds. The molecule has 8 nitrogen and oxygen atoms in total. The first-order chi connectivity index (χ1) is 14.3. The fourth-order valence-electron chi connectivity index (χ4n) is 3.52. The Morgan fingerprint density at radius 3 is 2.60 bits per heavy atom. The normalized spacial score (nSPS) is 11.0. The number of ketones is 1. The number of anilines is 1. The Morgan fingerprint density at radius 2 is 1.93 bits per heavy atom. The molecule has 2 aromatic heterocycles. The number of nitrogen functional groups attached to an aromatic ring is 1. The maximum Gasteiger partial charge on any atom is 0.332 e. The highest BCUT2D eigenvalue weighted by molar-refractivity contribution is 5.97. The SMILES string of the molecule is CCCn1c(=O)c(CC(=O)c2cnn(Cc3cccc(C)c3)c2)c(N)n(CC)c1=O. The molecule has 0 saturated heterocycles. The first-order valence-corrected chi connectivity index (χ1v) is 10.1. The van der Waals surface area contributed by atoms with Crippen LogP contribution >= 0.6 is 0 Å². The van der Waals surface area contributed by atoms with Gasteiger partial charge in [0.25, 0.3) is 5.56 Å². The molecule has 0 aliphatic heterocycles. The summed E-state index contributed by atoms with van der Waals surface area (Å²) in [6.45, 7) is 6.83. The molecular formula is C22H27N5O3. The number of benzene rings is 1. The number of aryl methyl sites for hydroxylation is 1. The van der Waals surface area contributed by atoms with Gasteiger partial charge in [0.15, 0.2) is 5.78 Å². The van der Waals surface area contributed by atoms with E-state index in [1.807, 2.05) is 32.0 Å². The average molecular weight is 409 g/mol. The molecule has 158 valence electrons. The highest BCUT2D eigenvalue weighted by Crippen LogP contribution is 2.12. The number of hydrogen-bond donors (Lipinski definition) is 1.